The van der Waals surface area contributed by atoms with E-state index in [2.05, 4.69) is 13.8 Å². The number of ether oxygens (including phenoxy) is 2. The highest BCUT2D eigenvalue weighted by atomic mass is 16.7. The van der Waals surface area contributed by atoms with E-state index in [0.717, 1.165) is 12.8 Å². The van der Waals surface area contributed by atoms with Gasteiger partial charge in [0.25, 0.3) is 0 Å². The van der Waals surface area contributed by atoms with Gasteiger partial charge in [0.15, 0.2) is 5.79 Å². The van der Waals surface area contributed by atoms with Crippen molar-refractivity contribution in [3.05, 3.63) is 0 Å². The van der Waals surface area contributed by atoms with Gasteiger partial charge in [-0.25, -0.2) is 0 Å². The fraction of sp³-hybridized carbons (Fsp3) is 1.00. The molecule has 0 aliphatic carbocycles. The van der Waals surface area contributed by atoms with Crippen molar-refractivity contribution < 1.29 is 9.47 Å². The molecule has 12 heavy (non-hydrogen) atoms. The van der Waals surface area contributed by atoms with Crippen LogP contribution in [0.3, 0.4) is 0 Å². The van der Waals surface area contributed by atoms with Crippen LogP contribution in [0.15, 0.2) is 0 Å². The third-order valence-corrected chi connectivity index (χ3v) is 2.16. The van der Waals surface area contributed by atoms with Crippen LogP contribution in [-0.4, -0.2) is 17.5 Å². The summed E-state index contributed by atoms with van der Waals surface area (Å²) in [5.41, 5.74) is -0.0103. The third-order valence-electron chi connectivity index (χ3n) is 2.16. The normalized spacial score (nSPS) is 34.5. The second-order valence-corrected chi connectivity index (χ2v) is 4.66. The molecule has 0 amide bonds. The highest BCUT2D eigenvalue weighted by Crippen LogP contribution is 2.38. The molecule has 0 aromatic heterocycles. The summed E-state index contributed by atoms with van der Waals surface area (Å²) < 4.78 is 11.5. The molecular weight excluding hydrogens is 152 g/mol. The van der Waals surface area contributed by atoms with Crippen molar-refractivity contribution in [3.8, 4) is 0 Å². The molecule has 0 aromatic rings. The topological polar surface area (TPSA) is 18.5 Å². The number of hydrogen-bond acceptors (Lipinski definition) is 2. The minimum atomic E-state index is -0.350. The van der Waals surface area contributed by atoms with E-state index in [0.29, 0.717) is 0 Å². The highest BCUT2D eigenvalue weighted by molar-refractivity contribution is 4.84. The lowest BCUT2D eigenvalue weighted by Crippen LogP contribution is -2.34. The minimum Gasteiger partial charge on any atom is -0.348 e. The second kappa shape index (κ2) is 3.00. The zero-order valence-electron chi connectivity index (χ0n) is 8.81. The Morgan fingerprint density at radius 3 is 2.08 bits per heavy atom. The van der Waals surface area contributed by atoms with Crippen LogP contribution < -0.4 is 0 Å². The van der Waals surface area contributed by atoms with Gasteiger partial charge in [0, 0.05) is 6.42 Å². The Balaban J connectivity index is 2.53. The molecule has 1 saturated heterocycles. The zero-order valence-corrected chi connectivity index (χ0v) is 8.81. The maximum atomic E-state index is 5.82. The molecule has 1 atom stereocenters. The molecule has 0 N–H and O–H groups in total. The van der Waals surface area contributed by atoms with Gasteiger partial charge in [-0.1, -0.05) is 0 Å². The van der Waals surface area contributed by atoms with Gasteiger partial charge in [0.1, 0.15) is 0 Å². The van der Waals surface area contributed by atoms with Gasteiger partial charge in [-0.2, -0.15) is 0 Å². The van der Waals surface area contributed by atoms with Crippen LogP contribution in [0.25, 0.3) is 0 Å². The van der Waals surface area contributed by atoms with Crippen molar-refractivity contribution in [2.24, 2.45) is 0 Å². The van der Waals surface area contributed by atoms with Crippen molar-refractivity contribution in [2.75, 3.05) is 0 Å². The number of rotatable bonds is 2. The van der Waals surface area contributed by atoms with E-state index in [1.54, 1.807) is 0 Å². The predicted octanol–water partition coefficient (Wildman–Crippen LogP) is 2.72. The van der Waals surface area contributed by atoms with E-state index >= 15 is 0 Å². The summed E-state index contributed by atoms with van der Waals surface area (Å²) in [5, 5.41) is 0. The van der Waals surface area contributed by atoms with Crippen LogP contribution >= 0.6 is 0 Å². The van der Waals surface area contributed by atoms with E-state index in [9.17, 15) is 0 Å². The van der Waals surface area contributed by atoms with Crippen molar-refractivity contribution in [1.82, 2.24) is 0 Å². The Labute approximate surface area is 75.2 Å². The molecule has 2 heteroatoms. The van der Waals surface area contributed by atoms with Gasteiger partial charge < -0.3 is 9.47 Å². The van der Waals surface area contributed by atoms with E-state index in [-0.39, 0.29) is 17.5 Å². The maximum Gasteiger partial charge on any atom is 0.166 e. The summed E-state index contributed by atoms with van der Waals surface area (Å²) in [6.07, 6.45) is 2.32. The molecule has 1 unspecified atom stereocenters. The SMILES string of the molecule is CC(C)OC1(C)CCC(C)(C)O1. The zero-order chi connectivity index (χ0) is 9.41. The number of hydrogen-bond donors (Lipinski definition) is 0. The first-order valence-electron chi connectivity index (χ1n) is 4.71. The Morgan fingerprint density at radius 1 is 1.17 bits per heavy atom. The van der Waals surface area contributed by atoms with Gasteiger partial charge >= 0.3 is 0 Å². The Morgan fingerprint density at radius 2 is 1.75 bits per heavy atom. The average molecular weight is 172 g/mol. The fourth-order valence-electron chi connectivity index (χ4n) is 1.80. The molecule has 1 aliphatic heterocycles. The molecule has 1 aliphatic rings. The Kier molecular flexibility index (Phi) is 2.50. The summed E-state index contributed by atoms with van der Waals surface area (Å²) in [7, 11) is 0. The standard InChI is InChI=1S/C10H20O2/c1-8(2)11-10(5)7-6-9(3,4)12-10/h8H,6-7H2,1-5H3. The molecule has 1 rings (SSSR count). The van der Waals surface area contributed by atoms with Crippen molar-refractivity contribution in [1.29, 1.82) is 0 Å². The third kappa shape index (κ3) is 2.46. The summed E-state index contributed by atoms with van der Waals surface area (Å²) in [6.45, 7) is 10.3. The van der Waals surface area contributed by atoms with Crippen molar-refractivity contribution in [3.63, 3.8) is 0 Å². The Hall–Kier alpha value is -0.0800. The molecule has 2 nitrogen and oxygen atoms in total. The van der Waals surface area contributed by atoms with Crippen LogP contribution in [0.2, 0.25) is 0 Å². The predicted molar refractivity (Wildman–Crippen MR) is 49.0 cm³/mol. The Bertz CT molecular complexity index is 163. The van der Waals surface area contributed by atoms with Crippen LogP contribution in [0.5, 0.6) is 0 Å². The minimum absolute atomic E-state index is 0.0103. The van der Waals surface area contributed by atoms with Gasteiger partial charge in [-0.15, -0.1) is 0 Å². The van der Waals surface area contributed by atoms with Crippen LogP contribution in [0.1, 0.15) is 47.5 Å². The molecule has 0 radical (unpaired) electrons. The van der Waals surface area contributed by atoms with E-state index < -0.39 is 0 Å². The summed E-state index contributed by atoms with van der Waals surface area (Å²) >= 11 is 0. The lowest BCUT2D eigenvalue weighted by atomic mass is 10.1. The van der Waals surface area contributed by atoms with E-state index in [1.165, 1.54) is 0 Å². The average Bonchev–Trinajstić information content (AvgIpc) is 2.03. The van der Waals surface area contributed by atoms with Gasteiger partial charge in [0.2, 0.25) is 0 Å². The van der Waals surface area contributed by atoms with E-state index in [1.807, 2.05) is 20.8 Å². The molecule has 0 bridgehead atoms. The smallest absolute Gasteiger partial charge is 0.166 e. The molecule has 1 heterocycles. The molecule has 72 valence electrons. The van der Waals surface area contributed by atoms with Crippen molar-refractivity contribution >= 4 is 0 Å². The molecule has 0 saturated carbocycles. The lowest BCUT2D eigenvalue weighted by Gasteiger charge is -2.29. The first kappa shape index (κ1) is 10.0. The van der Waals surface area contributed by atoms with Gasteiger partial charge in [-0.05, 0) is 41.0 Å². The first-order chi connectivity index (χ1) is 5.33. The fourth-order valence-corrected chi connectivity index (χ4v) is 1.80. The van der Waals surface area contributed by atoms with Gasteiger partial charge in [-0.3, -0.25) is 0 Å². The van der Waals surface area contributed by atoms with Gasteiger partial charge in [0.05, 0.1) is 11.7 Å². The van der Waals surface area contributed by atoms with Crippen LogP contribution in [-0.2, 0) is 9.47 Å². The molecule has 1 fully saturated rings. The van der Waals surface area contributed by atoms with Crippen LogP contribution in [0.4, 0.5) is 0 Å². The maximum absolute atomic E-state index is 5.82. The molecule has 0 aromatic carbocycles. The van der Waals surface area contributed by atoms with Crippen molar-refractivity contribution in [2.45, 2.75) is 65.0 Å². The summed E-state index contributed by atoms with van der Waals surface area (Å²) in [4.78, 5) is 0. The lowest BCUT2D eigenvalue weighted by molar-refractivity contribution is -0.248. The quantitative estimate of drug-likeness (QED) is 0.637. The highest BCUT2D eigenvalue weighted by Gasteiger charge is 2.41. The largest absolute Gasteiger partial charge is 0.348 e. The first-order valence-corrected chi connectivity index (χ1v) is 4.71. The van der Waals surface area contributed by atoms with E-state index in [4.69, 9.17) is 9.47 Å². The second-order valence-electron chi connectivity index (χ2n) is 4.66. The summed E-state index contributed by atoms with van der Waals surface area (Å²) in [5.74, 6) is -0.350. The monoisotopic (exact) mass is 172 g/mol. The summed E-state index contributed by atoms with van der Waals surface area (Å²) in [6, 6.07) is 0. The van der Waals surface area contributed by atoms with Crippen LogP contribution in [0, 0.1) is 0 Å². The molecular formula is C10H20O2. The molecule has 0 spiro atoms.